The van der Waals surface area contributed by atoms with Crippen molar-refractivity contribution in [3.63, 3.8) is 0 Å². The molecule has 2 atom stereocenters. The molecule has 2 unspecified atom stereocenters. The Kier molecular flexibility index (Phi) is 4.51. The second kappa shape index (κ2) is 5.67. The topological polar surface area (TPSA) is 62.2 Å². The fourth-order valence-electron chi connectivity index (χ4n) is 1.47. The number of nitrogens with zero attached hydrogens (tertiary/aromatic N) is 1. The number of aliphatic hydroxyl groups is 1. The molecule has 1 amide bonds. The van der Waals surface area contributed by atoms with Gasteiger partial charge in [0.2, 0.25) is 5.95 Å². The summed E-state index contributed by atoms with van der Waals surface area (Å²) < 4.78 is 26.0. The van der Waals surface area contributed by atoms with Crippen molar-refractivity contribution in [2.45, 2.75) is 32.4 Å². The Morgan fingerprint density at radius 3 is 2.76 bits per heavy atom. The van der Waals surface area contributed by atoms with E-state index in [1.807, 2.05) is 0 Å². The van der Waals surface area contributed by atoms with E-state index < -0.39 is 29.3 Å². The molecule has 0 aliphatic rings. The van der Waals surface area contributed by atoms with Gasteiger partial charge < -0.3 is 10.4 Å². The van der Waals surface area contributed by atoms with Crippen LogP contribution in [0.25, 0.3) is 0 Å². The lowest BCUT2D eigenvalue weighted by Crippen LogP contribution is -2.35. The van der Waals surface area contributed by atoms with E-state index in [1.165, 1.54) is 0 Å². The van der Waals surface area contributed by atoms with Crippen LogP contribution in [0.2, 0.25) is 0 Å². The molecule has 0 spiro atoms. The highest BCUT2D eigenvalue weighted by Crippen LogP contribution is 2.09. The molecule has 0 bridgehead atoms. The molecule has 1 aromatic rings. The molecule has 94 valence electrons. The van der Waals surface area contributed by atoms with Crippen LogP contribution in [-0.2, 0) is 0 Å². The van der Waals surface area contributed by atoms with Crippen LogP contribution in [0.15, 0.2) is 12.3 Å². The van der Waals surface area contributed by atoms with Crippen LogP contribution in [0.5, 0.6) is 0 Å². The second-order valence-electron chi connectivity index (χ2n) is 3.92. The van der Waals surface area contributed by atoms with Crippen molar-refractivity contribution in [3.8, 4) is 0 Å². The van der Waals surface area contributed by atoms with Gasteiger partial charge in [-0.1, -0.05) is 0 Å². The molecular formula is C11H14F2N2O2. The summed E-state index contributed by atoms with van der Waals surface area (Å²) in [5.74, 6) is -3.30. The Morgan fingerprint density at radius 1 is 1.53 bits per heavy atom. The molecule has 2 N–H and O–H groups in total. The predicted octanol–water partition coefficient (Wildman–Crippen LogP) is 1.25. The number of halogens is 2. The van der Waals surface area contributed by atoms with Crippen molar-refractivity contribution in [2.24, 2.45) is 0 Å². The van der Waals surface area contributed by atoms with Gasteiger partial charge in [-0.2, -0.15) is 4.39 Å². The van der Waals surface area contributed by atoms with Crippen molar-refractivity contribution >= 4 is 5.91 Å². The third-order valence-corrected chi connectivity index (χ3v) is 2.16. The van der Waals surface area contributed by atoms with Gasteiger partial charge in [-0.05, 0) is 26.3 Å². The van der Waals surface area contributed by atoms with E-state index in [9.17, 15) is 13.6 Å². The van der Waals surface area contributed by atoms with Crippen LogP contribution in [0, 0.1) is 11.8 Å². The normalized spacial score (nSPS) is 14.2. The number of rotatable bonds is 4. The van der Waals surface area contributed by atoms with Crippen LogP contribution >= 0.6 is 0 Å². The third-order valence-electron chi connectivity index (χ3n) is 2.16. The van der Waals surface area contributed by atoms with Crippen molar-refractivity contribution in [3.05, 3.63) is 29.6 Å². The first-order valence-corrected chi connectivity index (χ1v) is 5.20. The average molecular weight is 244 g/mol. The highest BCUT2D eigenvalue weighted by atomic mass is 19.2. The first kappa shape index (κ1) is 13.5. The fourth-order valence-corrected chi connectivity index (χ4v) is 1.47. The van der Waals surface area contributed by atoms with Crippen LogP contribution in [0.3, 0.4) is 0 Å². The average Bonchev–Trinajstić information content (AvgIpc) is 2.20. The van der Waals surface area contributed by atoms with Gasteiger partial charge in [-0.15, -0.1) is 0 Å². The Hall–Kier alpha value is -1.56. The van der Waals surface area contributed by atoms with E-state index in [0.717, 1.165) is 12.3 Å². The zero-order valence-electron chi connectivity index (χ0n) is 9.58. The Balaban J connectivity index is 2.73. The summed E-state index contributed by atoms with van der Waals surface area (Å²) in [7, 11) is 0. The molecule has 0 aromatic carbocycles. The number of aromatic nitrogens is 1. The Bertz CT molecular complexity index is 410. The molecule has 0 radical (unpaired) electrons. The van der Waals surface area contributed by atoms with Crippen LogP contribution in [-0.4, -0.2) is 28.1 Å². The summed E-state index contributed by atoms with van der Waals surface area (Å²) in [6.45, 7) is 3.25. The second-order valence-corrected chi connectivity index (χ2v) is 3.92. The van der Waals surface area contributed by atoms with Crippen molar-refractivity contribution in [1.29, 1.82) is 0 Å². The summed E-state index contributed by atoms with van der Waals surface area (Å²) in [4.78, 5) is 14.7. The number of pyridine rings is 1. The smallest absolute Gasteiger partial charge is 0.254 e. The fraction of sp³-hybridized carbons (Fsp3) is 0.455. The van der Waals surface area contributed by atoms with E-state index in [1.54, 1.807) is 13.8 Å². The van der Waals surface area contributed by atoms with Crippen molar-refractivity contribution in [1.82, 2.24) is 10.3 Å². The monoisotopic (exact) mass is 244 g/mol. The molecule has 1 aromatic heterocycles. The number of aliphatic hydroxyl groups excluding tert-OH is 1. The first-order chi connectivity index (χ1) is 7.91. The molecule has 17 heavy (non-hydrogen) atoms. The minimum Gasteiger partial charge on any atom is -0.393 e. The summed E-state index contributed by atoms with van der Waals surface area (Å²) in [5.41, 5.74) is -0.394. The lowest BCUT2D eigenvalue weighted by molar-refractivity contribution is 0.0917. The van der Waals surface area contributed by atoms with Gasteiger partial charge in [0.15, 0.2) is 5.82 Å². The van der Waals surface area contributed by atoms with Gasteiger partial charge in [-0.3, -0.25) is 4.79 Å². The van der Waals surface area contributed by atoms with Crippen LogP contribution in [0.1, 0.15) is 30.6 Å². The van der Waals surface area contributed by atoms with Gasteiger partial charge in [-0.25, -0.2) is 9.37 Å². The maximum Gasteiger partial charge on any atom is 0.254 e. The zero-order valence-corrected chi connectivity index (χ0v) is 9.58. The lowest BCUT2D eigenvalue weighted by Gasteiger charge is -2.15. The molecule has 0 aliphatic heterocycles. The highest BCUT2D eigenvalue weighted by Gasteiger charge is 2.18. The van der Waals surface area contributed by atoms with E-state index in [-0.39, 0.29) is 6.04 Å². The molecule has 6 heteroatoms. The minimum absolute atomic E-state index is 0.334. The number of hydrogen-bond donors (Lipinski definition) is 2. The molecule has 0 fully saturated rings. The third kappa shape index (κ3) is 3.74. The summed E-state index contributed by atoms with van der Waals surface area (Å²) in [6.07, 6.45) is 0.775. The quantitative estimate of drug-likeness (QED) is 0.783. The lowest BCUT2D eigenvalue weighted by atomic mass is 10.1. The summed E-state index contributed by atoms with van der Waals surface area (Å²) >= 11 is 0. The largest absolute Gasteiger partial charge is 0.393 e. The van der Waals surface area contributed by atoms with Crippen molar-refractivity contribution < 1.29 is 18.7 Å². The van der Waals surface area contributed by atoms with E-state index in [0.29, 0.717) is 6.42 Å². The minimum atomic E-state index is -1.30. The molecule has 1 rings (SSSR count). The maximum atomic E-state index is 13.2. The molecule has 0 saturated carbocycles. The Morgan fingerprint density at radius 2 is 2.18 bits per heavy atom. The molecule has 1 heterocycles. The zero-order chi connectivity index (χ0) is 13.0. The van der Waals surface area contributed by atoms with Gasteiger partial charge in [0.1, 0.15) is 0 Å². The first-order valence-electron chi connectivity index (χ1n) is 5.20. The predicted molar refractivity (Wildman–Crippen MR) is 57.4 cm³/mol. The molecule has 4 nitrogen and oxygen atoms in total. The van der Waals surface area contributed by atoms with Gasteiger partial charge >= 0.3 is 0 Å². The van der Waals surface area contributed by atoms with Crippen LogP contribution < -0.4 is 5.32 Å². The number of hydrogen-bond acceptors (Lipinski definition) is 3. The maximum absolute atomic E-state index is 13.2. The van der Waals surface area contributed by atoms with Gasteiger partial charge in [0, 0.05) is 12.2 Å². The van der Waals surface area contributed by atoms with E-state index >= 15 is 0 Å². The molecular weight excluding hydrogens is 230 g/mol. The summed E-state index contributed by atoms with van der Waals surface area (Å²) in [6, 6.07) is 0.765. The number of carbonyl (C=O) groups excluding carboxylic acids is 1. The van der Waals surface area contributed by atoms with E-state index in [2.05, 4.69) is 10.3 Å². The SMILES string of the molecule is CC(O)CC(C)NC(=O)c1ccnc(F)c1F. The van der Waals surface area contributed by atoms with Crippen molar-refractivity contribution in [2.75, 3.05) is 0 Å². The van der Waals surface area contributed by atoms with Gasteiger partial charge in [0.25, 0.3) is 5.91 Å². The van der Waals surface area contributed by atoms with E-state index in [4.69, 9.17) is 5.11 Å². The Labute approximate surface area is 97.7 Å². The molecule has 0 aliphatic carbocycles. The number of amides is 1. The highest BCUT2D eigenvalue weighted by molar-refractivity contribution is 5.94. The van der Waals surface area contributed by atoms with Gasteiger partial charge in [0.05, 0.1) is 11.7 Å². The molecule has 0 saturated heterocycles. The number of nitrogens with one attached hydrogen (secondary N) is 1. The summed E-state index contributed by atoms with van der Waals surface area (Å²) in [5, 5.41) is 11.6. The number of carbonyl (C=O) groups is 1. The standard InChI is InChI=1S/C11H14F2N2O2/c1-6(5-7(2)16)15-11(17)8-3-4-14-10(13)9(8)12/h3-4,6-7,16H,5H2,1-2H3,(H,15,17). The van der Waals surface area contributed by atoms with Crippen LogP contribution in [0.4, 0.5) is 8.78 Å².